The maximum absolute atomic E-state index is 12.5. The summed E-state index contributed by atoms with van der Waals surface area (Å²) in [6, 6.07) is 0. The number of nitrogens with zero attached hydrogens (tertiary/aromatic N) is 2. The molecule has 9 heteroatoms. The molecule has 112 valence electrons. The molecule has 0 bridgehead atoms. The van der Waals surface area contributed by atoms with Crippen molar-refractivity contribution in [2.45, 2.75) is 28.7 Å². The fourth-order valence-corrected chi connectivity index (χ4v) is 6.18. The third-order valence-electron chi connectivity index (χ3n) is 3.56. The third kappa shape index (κ3) is 2.87. The van der Waals surface area contributed by atoms with Crippen molar-refractivity contribution in [2.75, 3.05) is 19.3 Å². The van der Waals surface area contributed by atoms with Crippen molar-refractivity contribution in [3.05, 3.63) is 11.2 Å². The molecule has 1 aromatic rings. The first-order chi connectivity index (χ1) is 9.32. The van der Waals surface area contributed by atoms with Gasteiger partial charge < -0.3 is 5.73 Å². The molecule has 1 aliphatic rings. The van der Waals surface area contributed by atoms with Crippen LogP contribution in [0.5, 0.6) is 0 Å². The fourth-order valence-electron chi connectivity index (χ4n) is 2.23. The van der Waals surface area contributed by atoms with Crippen LogP contribution >= 0.6 is 35.3 Å². The SMILES string of the molecule is CSC1(C(N)=S)CCN(S(=O)(=O)c2cnc(C)s2)CC1. The summed E-state index contributed by atoms with van der Waals surface area (Å²) in [5.41, 5.74) is 5.82. The number of aryl methyl sites for hydroxylation is 1. The van der Waals surface area contributed by atoms with E-state index in [0.29, 0.717) is 35.1 Å². The van der Waals surface area contributed by atoms with E-state index in [1.54, 1.807) is 18.7 Å². The van der Waals surface area contributed by atoms with Gasteiger partial charge in [-0.1, -0.05) is 12.2 Å². The molecule has 0 aliphatic carbocycles. The number of sulfonamides is 1. The average molecular weight is 352 g/mol. The summed E-state index contributed by atoms with van der Waals surface area (Å²) in [4.78, 5) is 4.49. The van der Waals surface area contributed by atoms with Crippen LogP contribution in [-0.2, 0) is 10.0 Å². The lowest BCUT2D eigenvalue weighted by molar-refractivity contribution is 0.333. The first-order valence-electron chi connectivity index (χ1n) is 6.09. The van der Waals surface area contributed by atoms with E-state index in [2.05, 4.69) is 4.98 Å². The van der Waals surface area contributed by atoms with Crippen LogP contribution in [0, 0.1) is 6.92 Å². The van der Waals surface area contributed by atoms with Gasteiger partial charge >= 0.3 is 0 Å². The van der Waals surface area contributed by atoms with E-state index < -0.39 is 10.0 Å². The van der Waals surface area contributed by atoms with Crippen molar-refractivity contribution in [3.63, 3.8) is 0 Å². The van der Waals surface area contributed by atoms with Gasteiger partial charge in [0.15, 0.2) is 4.21 Å². The van der Waals surface area contributed by atoms with Crippen molar-refractivity contribution in [1.82, 2.24) is 9.29 Å². The van der Waals surface area contributed by atoms with Crippen molar-refractivity contribution in [1.29, 1.82) is 0 Å². The molecule has 0 atom stereocenters. The molecule has 1 aromatic heterocycles. The molecular formula is C11H17N3O2S4. The quantitative estimate of drug-likeness (QED) is 0.831. The topological polar surface area (TPSA) is 76.3 Å². The number of rotatable bonds is 4. The fraction of sp³-hybridized carbons (Fsp3) is 0.636. The Morgan fingerprint density at radius 1 is 1.55 bits per heavy atom. The zero-order valence-corrected chi connectivity index (χ0v) is 14.6. The Kier molecular flexibility index (Phi) is 4.75. The number of piperidine rings is 1. The van der Waals surface area contributed by atoms with Gasteiger partial charge in [-0.05, 0) is 26.0 Å². The molecule has 2 N–H and O–H groups in total. The molecule has 0 spiro atoms. The van der Waals surface area contributed by atoms with Crippen LogP contribution in [0.3, 0.4) is 0 Å². The molecule has 0 saturated carbocycles. The number of aromatic nitrogens is 1. The molecule has 1 fully saturated rings. The summed E-state index contributed by atoms with van der Waals surface area (Å²) >= 11 is 7.96. The van der Waals surface area contributed by atoms with Gasteiger partial charge in [0.2, 0.25) is 0 Å². The van der Waals surface area contributed by atoms with Gasteiger partial charge in [0.25, 0.3) is 10.0 Å². The molecule has 0 aromatic carbocycles. The Hall–Kier alpha value is -0.220. The second-order valence-electron chi connectivity index (χ2n) is 4.67. The number of hydrogen-bond donors (Lipinski definition) is 1. The van der Waals surface area contributed by atoms with E-state index in [1.807, 2.05) is 6.26 Å². The average Bonchev–Trinajstić information content (AvgIpc) is 2.86. The van der Waals surface area contributed by atoms with Gasteiger partial charge in [-0.15, -0.1) is 11.3 Å². The van der Waals surface area contributed by atoms with E-state index in [-0.39, 0.29) is 4.75 Å². The molecule has 0 unspecified atom stereocenters. The normalized spacial score (nSPS) is 19.9. The van der Waals surface area contributed by atoms with Crippen LogP contribution < -0.4 is 5.73 Å². The highest BCUT2D eigenvalue weighted by molar-refractivity contribution is 8.02. The van der Waals surface area contributed by atoms with Gasteiger partial charge in [0.1, 0.15) is 0 Å². The molecule has 20 heavy (non-hydrogen) atoms. The Morgan fingerprint density at radius 3 is 2.55 bits per heavy atom. The standard InChI is InChI=1S/C11H17N3O2S4/c1-8-13-7-9(19-8)20(15,16)14-5-3-11(18-2,4-6-14)10(12)17/h7H,3-6H2,1-2H3,(H2,12,17). The second kappa shape index (κ2) is 5.88. The molecule has 1 aliphatic heterocycles. The van der Waals surface area contributed by atoms with Crippen molar-refractivity contribution in [3.8, 4) is 0 Å². The van der Waals surface area contributed by atoms with Gasteiger partial charge in [-0.3, -0.25) is 0 Å². The summed E-state index contributed by atoms with van der Waals surface area (Å²) in [6.45, 7) is 2.68. The van der Waals surface area contributed by atoms with E-state index >= 15 is 0 Å². The number of thioether (sulfide) groups is 1. The number of nitrogens with two attached hydrogens (primary N) is 1. The van der Waals surface area contributed by atoms with Crippen LogP contribution in [0.15, 0.2) is 10.4 Å². The third-order valence-corrected chi connectivity index (χ3v) is 8.74. The second-order valence-corrected chi connectivity index (χ2v) is 9.69. The highest BCUT2D eigenvalue weighted by atomic mass is 32.2. The van der Waals surface area contributed by atoms with E-state index in [4.69, 9.17) is 18.0 Å². The van der Waals surface area contributed by atoms with Crippen LogP contribution in [0.1, 0.15) is 17.8 Å². The van der Waals surface area contributed by atoms with Crippen molar-refractivity contribution >= 4 is 50.3 Å². The molecule has 0 amide bonds. The van der Waals surface area contributed by atoms with Gasteiger partial charge in [-0.25, -0.2) is 13.4 Å². The molecule has 5 nitrogen and oxygen atoms in total. The summed E-state index contributed by atoms with van der Waals surface area (Å²) in [6.07, 6.45) is 4.70. The van der Waals surface area contributed by atoms with E-state index in [9.17, 15) is 8.42 Å². The molecular weight excluding hydrogens is 334 g/mol. The zero-order chi connectivity index (χ0) is 15.0. The van der Waals surface area contributed by atoms with Crippen LogP contribution in [0.4, 0.5) is 0 Å². The molecule has 1 saturated heterocycles. The van der Waals surface area contributed by atoms with Crippen LogP contribution in [0.25, 0.3) is 0 Å². The Bertz CT molecular complexity index is 603. The number of hydrogen-bond acceptors (Lipinski definition) is 6. The minimum absolute atomic E-state index is 0.273. The Morgan fingerprint density at radius 2 is 2.15 bits per heavy atom. The lowest BCUT2D eigenvalue weighted by Crippen LogP contribution is -2.50. The maximum atomic E-state index is 12.5. The molecule has 2 rings (SSSR count). The summed E-state index contributed by atoms with van der Waals surface area (Å²) in [5.74, 6) is 0. The number of thiocarbonyl (C=S) groups is 1. The van der Waals surface area contributed by atoms with E-state index in [1.165, 1.54) is 21.8 Å². The van der Waals surface area contributed by atoms with Gasteiger partial charge in [0.05, 0.1) is 20.9 Å². The lowest BCUT2D eigenvalue weighted by Gasteiger charge is -2.39. The van der Waals surface area contributed by atoms with Crippen LogP contribution in [0.2, 0.25) is 0 Å². The van der Waals surface area contributed by atoms with Crippen molar-refractivity contribution < 1.29 is 8.42 Å². The Labute approximate surface area is 133 Å². The summed E-state index contributed by atoms with van der Waals surface area (Å²) in [5, 5.41) is 0.752. The first kappa shape index (κ1) is 16.2. The minimum atomic E-state index is -3.43. The smallest absolute Gasteiger partial charge is 0.254 e. The van der Waals surface area contributed by atoms with Gasteiger partial charge in [-0.2, -0.15) is 16.1 Å². The summed E-state index contributed by atoms with van der Waals surface area (Å²) in [7, 11) is -3.43. The van der Waals surface area contributed by atoms with Gasteiger partial charge in [0, 0.05) is 13.1 Å². The summed E-state index contributed by atoms with van der Waals surface area (Å²) < 4.78 is 26.5. The Balaban J connectivity index is 2.16. The lowest BCUT2D eigenvalue weighted by atomic mass is 9.97. The zero-order valence-electron chi connectivity index (χ0n) is 11.3. The van der Waals surface area contributed by atoms with Crippen molar-refractivity contribution in [2.24, 2.45) is 5.73 Å². The predicted molar refractivity (Wildman–Crippen MR) is 87.9 cm³/mol. The van der Waals surface area contributed by atoms with E-state index in [0.717, 1.165) is 5.01 Å². The largest absolute Gasteiger partial charge is 0.392 e. The molecule has 2 heterocycles. The highest BCUT2D eigenvalue weighted by Crippen LogP contribution is 2.37. The first-order valence-corrected chi connectivity index (χ1v) is 9.98. The van der Waals surface area contributed by atoms with Crippen LogP contribution in [-0.4, -0.2) is 46.8 Å². The minimum Gasteiger partial charge on any atom is -0.392 e. The highest BCUT2D eigenvalue weighted by Gasteiger charge is 2.40. The molecule has 0 radical (unpaired) electrons. The maximum Gasteiger partial charge on any atom is 0.254 e. The predicted octanol–water partition coefficient (Wildman–Crippen LogP) is 1.62. The number of thiazole rings is 1. The monoisotopic (exact) mass is 351 g/mol.